The average molecular weight is 302 g/mol. The molecule has 4 rings (SSSR count). The molecule has 3 aliphatic heterocycles. The molecule has 0 saturated carbocycles. The third kappa shape index (κ3) is 2.02. The smallest absolute Gasteiger partial charge is 0.323 e. The summed E-state index contributed by atoms with van der Waals surface area (Å²) in [7, 11) is 0. The Balaban J connectivity index is 1.67. The molecule has 1 aromatic rings. The zero-order chi connectivity index (χ0) is 15.3. The van der Waals surface area contributed by atoms with Crippen LogP contribution in [-0.2, 0) is 32.3 Å². The van der Waals surface area contributed by atoms with Crippen molar-refractivity contribution in [1.29, 1.82) is 0 Å². The summed E-state index contributed by atoms with van der Waals surface area (Å²) in [6, 6.07) is 3.53. The van der Waals surface area contributed by atoms with Gasteiger partial charge in [-0.3, -0.25) is 14.9 Å². The van der Waals surface area contributed by atoms with Crippen molar-refractivity contribution in [1.82, 2.24) is 5.32 Å². The number of rotatable bonds is 2. The molecule has 3 heterocycles. The molecule has 1 fully saturated rings. The van der Waals surface area contributed by atoms with Crippen LogP contribution in [0.4, 0.5) is 5.69 Å². The molecule has 0 spiro atoms. The van der Waals surface area contributed by atoms with Gasteiger partial charge < -0.3 is 14.8 Å². The minimum atomic E-state index is -0.420. The SMILES string of the molecule is CCOC(=O)[C@H]1C[C@H]2C(=O)Nc3cc4c(cc3[C@H]2N1)COC4. The number of carbonyl (C=O) groups excluding carboxylic acids is 2. The Morgan fingerprint density at radius 2 is 2.14 bits per heavy atom. The first kappa shape index (κ1) is 13.7. The highest BCUT2D eigenvalue weighted by atomic mass is 16.5. The zero-order valence-corrected chi connectivity index (χ0v) is 12.3. The first-order valence-corrected chi connectivity index (χ1v) is 7.64. The van der Waals surface area contributed by atoms with Crippen molar-refractivity contribution in [2.24, 2.45) is 5.92 Å². The highest BCUT2D eigenvalue weighted by Crippen LogP contribution is 2.43. The molecule has 3 atom stereocenters. The van der Waals surface area contributed by atoms with Gasteiger partial charge in [0.1, 0.15) is 6.04 Å². The summed E-state index contributed by atoms with van der Waals surface area (Å²) >= 11 is 0. The Morgan fingerprint density at radius 1 is 1.36 bits per heavy atom. The van der Waals surface area contributed by atoms with Gasteiger partial charge in [0.25, 0.3) is 0 Å². The second-order valence-corrected chi connectivity index (χ2v) is 5.98. The van der Waals surface area contributed by atoms with E-state index in [2.05, 4.69) is 16.7 Å². The Labute approximate surface area is 128 Å². The summed E-state index contributed by atoms with van der Waals surface area (Å²) < 4.78 is 10.5. The van der Waals surface area contributed by atoms with E-state index in [4.69, 9.17) is 9.47 Å². The topological polar surface area (TPSA) is 76.7 Å². The molecule has 6 nitrogen and oxygen atoms in total. The maximum absolute atomic E-state index is 12.3. The van der Waals surface area contributed by atoms with Crippen LogP contribution in [0, 0.1) is 5.92 Å². The minimum Gasteiger partial charge on any atom is -0.465 e. The summed E-state index contributed by atoms with van der Waals surface area (Å²) in [6.45, 7) is 3.33. The fourth-order valence-corrected chi connectivity index (χ4v) is 3.60. The summed E-state index contributed by atoms with van der Waals surface area (Å²) in [5, 5.41) is 6.24. The number of esters is 1. The Morgan fingerprint density at radius 3 is 2.91 bits per heavy atom. The second-order valence-electron chi connectivity index (χ2n) is 5.98. The van der Waals surface area contributed by atoms with Crippen LogP contribution in [-0.4, -0.2) is 24.5 Å². The maximum atomic E-state index is 12.3. The normalized spacial score (nSPS) is 28.6. The van der Waals surface area contributed by atoms with E-state index in [0.717, 1.165) is 22.4 Å². The summed E-state index contributed by atoms with van der Waals surface area (Å²) in [5.74, 6) is -0.548. The molecular weight excluding hydrogens is 284 g/mol. The molecule has 0 radical (unpaired) electrons. The standard InChI is InChI=1S/C16H18N2O4/c1-2-22-16(20)13-5-11-14(17-13)10-3-8-6-21-7-9(8)4-12(10)18-15(11)19/h3-4,11,13-14,17H,2,5-7H2,1H3,(H,18,19)/t11-,13-,14-/m1/s1. The Kier molecular flexibility index (Phi) is 3.16. The van der Waals surface area contributed by atoms with Crippen LogP contribution in [0.1, 0.15) is 36.1 Å². The van der Waals surface area contributed by atoms with Crippen molar-refractivity contribution in [2.45, 2.75) is 38.6 Å². The first-order valence-electron chi connectivity index (χ1n) is 7.64. The van der Waals surface area contributed by atoms with Gasteiger partial charge in [0.05, 0.1) is 25.7 Å². The molecule has 22 heavy (non-hydrogen) atoms. The van der Waals surface area contributed by atoms with Gasteiger partial charge >= 0.3 is 5.97 Å². The first-order chi connectivity index (χ1) is 10.7. The number of amides is 1. The Bertz CT molecular complexity index is 658. The van der Waals surface area contributed by atoms with E-state index in [1.165, 1.54) is 0 Å². The molecular formula is C16H18N2O4. The van der Waals surface area contributed by atoms with Crippen molar-refractivity contribution < 1.29 is 19.1 Å². The molecule has 0 aromatic heterocycles. The molecule has 116 valence electrons. The van der Waals surface area contributed by atoms with Crippen LogP contribution < -0.4 is 10.6 Å². The van der Waals surface area contributed by atoms with Crippen LogP contribution in [0.15, 0.2) is 12.1 Å². The van der Waals surface area contributed by atoms with Crippen LogP contribution in [0.5, 0.6) is 0 Å². The number of anilines is 1. The number of carbonyl (C=O) groups is 2. The van der Waals surface area contributed by atoms with Crippen LogP contribution >= 0.6 is 0 Å². The van der Waals surface area contributed by atoms with Gasteiger partial charge in [0.15, 0.2) is 0 Å². The lowest BCUT2D eigenvalue weighted by molar-refractivity contribution is -0.145. The van der Waals surface area contributed by atoms with Crippen molar-refractivity contribution >= 4 is 17.6 Å². The fourth-order valence-electron chi connectivity index (χ4n) is 3.60. The summed E-state index contributed by atoms with van der Waals surface area (Å²) in [5.41, 5.74) is 4.15. The predicted octanol–water partition coefficient (Wildman–Crippen LogP) is 1.25. The van der Waals surface area contributed by atoms with Crippen LogP contribution in [0.2, 0.25) is 0 Å². The average Bonchev–Trinajstić information content (AvgIpc) is 3.12. The van der Waals surface area contributed by atoms with Gasteiger partial charge in [-0.25, -0.2) is 0 Å². The molecule has 3 aliphatic rings. The lowest BCUT2D eigenvalue weighted by Gasteiger charge is -2.28. The lowest BCUT2D eigenvalue weighted by Crippen LogP contribution is -2.36. The van der Waals surface area contributed by atoms with Gasteiger partial charge in [-0.1, -0.05) is 0 Å². The molecule has 0 aliphatic carbocycles. The molecule has 1 aromatic carbocycles. The highest BCUT2D eigenvalue weighted by Gasteiger charge is 2.46. The molecule has 0 bridgehead atoms. The minimum absolute atomic E-state index is 0.0318. The van der Waals surface area contributed by atoms with Gasteiger partial charge in [0, 0.05) is 11.7 Å². The van der Waals surface area contributed by atoms with Gasteiger partial charge in [-0.15, -0.1) is 0 Å². The quantitative estimate of drug-likeness (QED) is 0.804. The van der Waals surface area contributed by atoms with Crippen LogP contribution in [0.3, 0.4) is 0 Å². The van der Waals surface area contributed by atoms with Crippen molar-refractivity contribution in [3.63, 3.8) is 0 Å². The van der Waals surface area contributed by atoms with Gasteiger partial charge in [0.2, 0.25) is 5.91 Å². The molecule has 0 unspecified atom stereocenters. The molecule has 1 saturated heterocycles. The van der Waals surface area contributed by atoms with E-state index in [-0.39, 0.29) is 23.8 Å². The number of hydrogen-bond donors (Lipinski definition) is 2. The summed E-state index contributed by atoms with van der Waals surface area (Å²) in [4.78, 5) is 24.3. The predicted molar refractivity (Wildman–Crippen MR) is 78.0 cm³/mol. The molecule has 6 heteroatoms. The van der Waals surface area contributed by atoms with Crippen molar-refractivity contribution in [3.05, 3.63) is 28.8 Å². The summed E-state index contributed by atoms with van der Waals surface area (Å²) in [6.07, 6.45) is 0.475. The van der Waals surface area contributed by atoms with E-state index in [1.54, 1.807) is 6.92 Å². The van der Waals surface area contributed by atoms with E-state index in [0.29, 0.717) is 26.2 Å². The molecule has 2 N–H and O–H groups in total. The third-order valence-corrected chi connectivity index (χ3v) is 4.66. The van der Waals surface area contributed by atoms with Crippen LogP contribution in [0.25, 0.3) is 0 Å². The number of fused-ring (bicyclic) bond motifs is 4. The number of benzene rings is 1. The van der Waals surface area contributed by atoms with E-state index < -0.39 is 6.04 Å². The fraction of sp³-hybridized carbons (Fsp3) is 0.500. The number of ether oxygens (including phenoxy) is 2. The second kappa shape index (κ2) is 5.07. The lowest BCUT2D eigenvalue weighted by atomic mass is 9.86. The van der Waals surface area contributed by atoms with Gasteiger partial charge in [-0.2, -0.15) is 0 Å². The molecule has 1 amide bonds. The Hall–Kier alpha value is -1.92. The maximum Gasteiger partial charge on any atom is 0.323 e. The van der Waals surface area contributed by atoms with Crippen molar-refractivity contribution in [2.75, 3.05) is 11.9 Å². The van der Waals surface area contributed by atoms with E-state index >= 15 is 0 Å². The number of hydrogen-bond acceptors (Lipinski definition) is 5. The third-order valence-electron chi connectivity index (χ3n) is 4.66. The largest absolute Gasteiger partial charge is 0.465 e. The zero-order valence-electron chi connectivity index (χ0n) is 12.3. The number of nitrogens with one attached hydrogen (secondary N) is 2. The van der Waals surface area contributed by atoms with E-state index in [1.807, 2.05) is 6.07 Å². The van der Waals surface area contributed by atoms with E-state index in [9.17, 15) is 9.59 Å². The highest BCUT2D eigenvalue weighted by molar-refractivity contribution is 5.98. The monoisotopic (exact) mass is 302 g/mol. The van der Waals surface area contributed by atoms with Crippen molar-refractivity contribution in [3.8, 4) is 0 Å². The van der Waals surface area contributed by atoms with Gasteiger partial charge in [-0.05, 0) is 42.2 Å².